The Morgan fingerprint density at radius 3 is 2.74 bits per heavy atom. The Hall–Kier alpha value is -2.23. The molecular formula is C23H30O4. The molecule has 1 aromatic carbocycles. The van der Waals surface area contributed by atoms with E-state index in [4.69, 9.17) is 9.47 Å². The third kappa shape index (κ3) is 4.05. The summed E-state index contributed by atoms with van der Waals surface area (Å²) in [6, 6.07) is 4.50. The molecule has 0 aromatic heterocycles. The maximum atomic E-state index is 12.4. The Labute approximate surface area is 161 Å². The Kier molecular flexibility index (Phi) is 5.64. The fourth-order valence-corrected chi connectivity index (χ4v) is 4.36. The largest absolute Gasteiger partial charge is 0.504 e. The smallest absolute Gasteiger partial charge is 0.338 e. The van der Waals surface area contributed by atoms with Gasteiger partial charge in [0.1, 0.15) is 6.61 Å². The van der Waals surface area contributed by atoms with Crippen LogP contribution in [0, 0.1) is 11.3 Å². The van der Waals surface area contributed by atoms with Crippen LogP contribution in [0.25, 0.3) is 0 Å². The molecule has 2 aliphatic rings. The lowest BCUT2D eigenvalue weighted by atomic mass is 9.79. The predicted molar refractivity (Wildman–Crippen MR) is 106 cm³/mol. The molecule has 1 aromatic rings. The van der Waals surface area contributed by atoms with Gasteiger partial charge >= 0.3 is 5.97 Å². The summed E-state index contributed by atoms with van der Waals surface area (Å²) in [6.07, 6.45) is 7.78. The number of hydrogen-bond acceptors (Lipinski definition) is 4. The van der Waals surface area contributed by atoms with Gasteiger partial charge in [-0.15, -0.1) is 0 Å². The van der Waals surface area contributed by atoms with Crippen molar-refractivity contribution in [3.63, 3.8) is 0 Å². The van der Waals surface area contributed by atoms with E-state index in [1.165, 1.54) is 37.7 Å². The summed E-state index contributed by atoms with van der Waals surface area (Å²) in [7, 11) is 1.46. The number of benzene rings is 1. The first kappa shape index (κ1) is 19.5. The van der Waals surface area contributed by atoms with Gasteiger partial charge in [-0.1, -0.05) is 38.0 Å². The highest BCUT2D eigenvalue weighted by Gasteiger charge is 2.37. The first-order chi connectivity index (χ1) is 12.8. The molecule has 0 unspecified atom stereocenters. The molecule has 27 heavy (non-hydrogen) atoms. The SMILES string of the molecule is COc1cc(C(=O)OCC2=CC[C@]3(C)CCC(C(C)C)=C3CC2)ccc1O. The Bertz CT molecular complexity index is 788. The first-order valence-electron chi connectivity index (χ1n) is 9.78. The summed E-state index contributed by atoms with van der Waals surface area (Å²) < 4.78 is 10.6. The number of carbonyl (C=O) groups excluding carboxylic acids is 1. The van der Waals surface area contributed by atoms with Crippen molar-refractivity contribution in [3.05, 3.63) is 46.6 Å². The Balaban J connectivity index is 1.65. The maximum Gasteiger partial charge on any atom is 0.338 e. The van der Waals surface area contributed by atoms with Gasteiger partial charge in [-0.2, -0.15) is 0 Å². The van der Waals surface area contributed by atoms with Crippen molar-refractivity contribution in [2.75, 3.05) is 13.7 Å². The van der Waals surface area contributed by atoms with E-state index in [2.05, 4.69) is 26.8 Å². The number of esters is 1. The number of aromatic hydroxyl groups is 1. The highest BCUT2D eigenvalue weighted by molar-refractivity contribution is 5.90. The van der Waals surface area contributed by atoms with E-state index in [9.17, 15) is 9.90 Å². The molecule has 4 heteroatoms. The van der Waals surface area contributed by atoms with E-state index in [1.54, 1.807) is 17.2 Å². The molecule has 0 bridgehead atoms. The number of phenols is 1. The van der Waals surface area contributed by atoms with E-state index < -0.39 is 5.97 Å². The number of methoxy groups -OCH3 is 1. The molecule has 0 radical (unpaired) electrons. The monoisotopic (exact) mass is 370 g/mol. The molecule has 2 aliphatic carbocycles. The number of phenolic OH excluding ortho intramolecular Hbond substituents is 1. The third-order valence-corrected chi connectivity index (χ3v) is 6.10. The number of rotatable bonds is 5. The number of ether oxygens (including phenoxy) is 2. The topological polar surface area (TPSA) is 55.8 Å². The second kappa shape index (κ2) is 7.79. The lowest BCUT2D eigenvalue weighted by Gasteiger charge is -2.26. The zero-order valence-electron chi connectivity index (χ0n) is 16.8. The van der Waals surface area contributed by atoms with Crippen LogP contribution in [0.4, 0.5) is 0 Å². The minimum absolute atomic E-state index is 0.00884. The lowest BCUT2D eigenvalue weighted by Crippen LogP contribution is -2.14. The number of fused-ring (bicyclic) bond motifs is 1. The van der Waals surface area contributed by atoms with Gasteiger partial charge in [0.25, 0.3) is 0 Å². The molecule has 0 aliphatic heterocycles. The van der Waals surface area contributed by atoms with Crippen LogP contribution >= 0.6 is 0 Å². The van der Waals surface area contributed by atoms with Gasteiger partial charge in [0.05, 0.1) is 12.7 Å². The second-order valence-electron chi connectivity index (χ2n) is 8.25. The third-order valence-electron chi connectivity index (χ3n) is 6.10. The zero-order valence-corrected chi connectivity index (χ0v) is 16.8. The van der Waals surface area contributed by atoms with Gasteiger partial charge in [-0.3, -0.25) is 0 Å². The average molecular weight is 370 g/mol. The molecule has 0 fully saturated rings. The van der Waals surface area contributed by atoms with Crippen molar-refractivity contribution in [2.45, 2.75) is 52.9 Å². The molecular weight excluding hydrogens is 340 g/mol. The Morgan fingerprint density at radius 2 is 2.04 bits per heavy atom. The van der Waals surface area contributed by atoms with Crippen molar-refractivity contribution >= 4 is 5.97 Å². The van der Waals surface area contributed by atoms with Crippen molar-refractivity contribution in [2.24, 2.45) is 11.3 Å². The summed E-state index contributed by atoms with van der Waals surface area (Å²) in [5.41, 5.74) is 5.13. The summed E-state index contributed by atoms with van der Waals surface area (Å²) in [5, 5.41) is 9.65. The van der Waals surface area contributed by atoms with E-state index >= 15 is 0 Å². The van der Waals surface area contributed by atoms with Crippen molar-refractivity contribution in [1.82, 2.24) is 0 Å². The number of hydrogen-bond donors (Lipinski definition) is 1. The van der Waals surface area contributed by atoms with Gasteiger partial charge < -0.3 is 14.6 Å². The molecule has 0 heterocycles. The highest BCUT2D eigenvalue weighted by atomic mass is 16.5. The molecule has 4 nitrogen and oxygen atoms in total. The van der Waals surface area contributed by atoms with Crippen LogP contribution in [0.2, 0.25) is 0 Å². The fraction of sp³-hybridized carbons (Fsp3) is 0.522. The van der Waals surface area contributed by atoms with Crippen LogP contribution in [-0.4, -0.2) is 24.8 Å². The number of allylic oxidation sites excluding steroid dienone is 3. The van der Waals surface area contributed by atoms with E-state index in [1.807, 2.05) is 0 Å². The normalized spacial score (nSPS) is 22.3. The molecule has 146 valence electrons. The minimum Gasteiger partial charge on any atom is -0.504 e. The van der Waals surface area contributed by atoms with Gasteiger partial charge in [0.15, 0.2) is 11.5 Å². The van der Waals surface area contributed by atoms with Gasteiger partial charge in [0, 0.05) is 0 Å². The standard InChI is InChI=1S/C23H30O4/c1-15(2)18-10-12-23(3)11-9-16(5-7-19(18)23)14-27-22(25)17-6-8-20(24)21(13-17)26-4/h6,8-9,13,15,24H,5,7,10-12,14H2,1-4H3/t23-/m1/s1. The summed E-state index contributed by atoms with van der Waals surface area (Å²) in [6.45, 7) is 7.29. The van der Waals surface area contributed by atoms with Crippen LogP contribution in [-0.2, 0) is 4.74 Å². The molecule has 1 N–H and O–H groups in total. The van der Waals surface area contributed by atoms with Crippen LogP contribution in [0.1, 0.15) is 63.2 Å². The molecule has 0 spiro atoms. The zero-order chi connectivity index (χ0) is 19.6. The second-order valence-corrected chi connectivity index (χ2v) is 8.25. The van der Waals surface area contributed by atoms with Crippen molar-refractivity contribution < 1.29 is 19.4 Å². The molecule has 0 saturated heterocycles. The molecule has 0 saturated carbocycles. The van der Waals surface area contributed by atoms with Gasteiger partial charge in [0.2, 0.25) is 0 Å². The predicted octanol–water partition coefficient (Wildman–Crippen LogP) is 5.42. The van der Waals surface area contributed by atoms with Gasteiger partial charge in [-0.05, 0) is 67.2 Å². The van der Waals surface area contributed by atoms with Crippen LogP contribution in [0.5, 0.6) is 11.5 Å². The molecule has 1 atom stereocenters. The maximum absolute atomic E-state index is 12.4. The molecule has 3 rings (SSSR count). The van der Waals surface area contributed by atoms with Crippen LogP contribution in [0.3, 0.4) is 0 Å². The number of carbonyl (C=O) groups is 1. The summed E-state index contributed by atoms with van der Waals surface area (Å²) in [5.74, 6) is 0.499. The first-order valence-corrected chi connectivity index (χ1v) is 9.78. The minimum atomic E-state index is -0.396. The highest BCUT2D eigenvalue weighted by Crippen LogP contribution is 2.51. The fourth-order valence-electron chi connectivity index (χ4n) is 4.36. The van der Waals surface area contributed by atoms with Crippen molar-refractivity contribution in [1.29, 1.82) is 0 Å². The molecule has 0 amide bonds. The summed E-state index contributed by atoms with van der Waals surface area (Å²) in [4.78, 5) is 12.4. The lowest BCUT2D eigenvalue weighted by molar-refractivity contribution is 0.0537. The summed E-state index contributed by atoms with van der Waals surface area (Å²) >= 11 is 0. The quantitative estimate of drug-likeness (QED) is 0.555. The van der Waals surface area contributed by atoms with Crippen LogP contribution < -0.4 is 4.74 Å². The average Bonchev–Trinajstić information content (AvgIpc) is 2.89. The van der Waals surface area contributed by atoms with E-state index in [0.29, 0.717) is 18.1 Å². The van der Waals surface area contributed by atoms with Crippen LogP contribution in [0.15, 0.2) is 41.0 Å². The van der Waals surface area contributed by atoms with E-state index in [0.717, 1.165) is 19.3 Å². The van der Waals surface area contributed by atoms with Crippen molar-refractivity contribution in [3.8, 4) is 11.5 Å². The Morgan fingerprint density at radius 1 is 1.26 bits per heavy atom. The van der Waals surface area contributed by atoms with E-state index in [-0.39, 0.29) is 16.9 Å². The van der Waals surface area contributed by atoms with Gasteiger partial charge in [-0.25, -0.2) is 4.79 Å².